The van der Waals surface area contributed by atoms with E-state index in [1.54, 1.807) is 0 Å². The molecule has 0 saturated heterocycles. The molecule has 0 spiro atoms. The number of allylic oxidation sites excluding steroid dienone is 3. The largest absolute Gasteiger partial charge is 0.383 e. The van der Waals surface area contributed by atoms with E-state index in [-0.39, 0.29) is 5.82 Å². The van der Waals surface area contributed by atoms with Gasteiger partial charge in [0, 0.05) is 5.56 Å². The van der Waals surface area contributed by atoms with Crippen molar-refractivity contribution < 1.29 is 0 Å². The summed E-state index contributed by atoms with van der Waals surface area (Å²) in [6.45, 7) is 8.10. The van der Waals surface area contributed by atoms with Gasteiger partial charge in [-0.1, -0.05) is 38.1 Å². The third-order valence-electron chi connectivity index (χ3n) is 4.90. The summed E-state index contributed by atoms with van der Waals surface area (Å²) in [5.41, 5.74) is 13.1. The first-order chi connectivity index (χ1) is 12.4. The molecule has 1 aliphatic rings. The highest BCUT2D eigenvalue weighted by Crippen LogP contribution is 2.44. The molecule has 0 aliphatic heterocycles. The minimum atomic E-state index is 0.173. The predicted octanol–water partition coefficient (Wildman–Crippen LogP) is 4.82. The molecule has 26 heavy (non-hydrogen) atoms. The normalized spacial score (nSPS) is 14.5. The zero-order valence-electron chi connectivity index (χ0n) is 15.4. The highest BCUT2D eigenvalue weighted by atomic mass is 14.9. The molecule has 0 amide bonds. The quantitative estimate of drug-likeness (QED) is 0.849. The van der Waals surface area contributed by atoms with Crippen LogP contribution in [0.4, 0.5) is 5.82 Å². The highest BCUT2D eigenvalue weighted by molar-refractivity contribution is 6.08. The summed E-state index contributed by atoms with van der Waals surface area (Å²) in [6.07, 6.45) is 2.05. The number of pyridine rings is 1. The van der Waals surface area contributed by atoms with E-state index in [0.717, 1.165) is 27.8 Å². The van der Waals surface area contributed by atoms with E-state index in [2.05, 4.69) is 61.3 Å². The molecule has 1 aromatic heterocycles. The molecule has 4 nitrogen and oxygen atoms in total. The second-order valence-electron chi connectivity index (χ2n) is 6.82. The zero-order chi connectivity index (χ0) is 19.0. The zero-order valence-corrected chi connectivity index (χ0v) is 15.4. The van der Waals surface area contributed by atoms with Crippen LogP contribution < -0.4 is 5.73 Å². The van der Waals surface area contributed by atoms with Gasteiger partial charge in [-0.3, -0.25) is 0 Å². The Hall–Kier alpha value is -3.37. The van der Waals surface area contributed by atoms with Crippen molar-refractivity contribution in [2.24, 2.45) is 0 Å². The molecular formula is C22H20N4. The van der Waals surface area contributed by atoms with Crippen LogP contribution in [-0.2, 0) is 0 Å². The lowest BCUT2D eigenvalue weighted by Crippen LogP contribution is -2.03. The molecule has 128 valence electrons. The topological polar surface area (TPSA) is 86.5 Å². The van der Waals surface area contributed by atoms with Crippen molar-refractivity contribution in [1.29, 1.82) is 10.5 Å². The first-order valence-corrected chi connectivity index (χ1v) is 8.53. The number of nitriles is 2. The summed E-state index contributed by atoms with van der Waals surface area (Å²) in [6, 6.07) is 12.8. The van der Waals surface area contributed by atoms with Crippen LogP contribution in [0, 0.1) is 29.6 Å². The Morgan fingerprint density at radius 2 is 1.73 bits per heavy atom. The average molecular weight is 340 g/mol. The Morgan fingerprint density at radius 1 is 1.08 bits per heavy atom. The van der Waals surface area contributed by atoms with Crippen molar-refractivity contribution in [3.63, 3.8) is 0 Å². The SMILES string of the molecule is CC1=C(C#N)c2nc(N)c(C#N)c(C)c2/C1=C\c1ccc(C(C)C)cc1. The van der Waals surface area contributed by atoms with Gasteiger partial charge in [0.1, 0.15) is 18.0 Å². The number of fused-ring (bicyclic) bond motifs is 1. The summed E-state index contributed by atoms with van der Waals surface area (Å²) in [5.74, 6) is 0.648. The van der Waals surface area contributed by atoms with Crippen LogP contribution in [-0.4, -0.2) is 4.98 Å². The van der Waals surface area contributed by atoms with Crippen molar-refractivity contribution in [3.8, 4) is 12.1 Å². The van der Waals surface area contributed by atoms with Gasteiger partial charge >= 0.3 is 0 Å². The lowest BCUT2D eigenvalue weighted by molar-refractivity contribution is 0.866. The smallest absolute Gasteiger partial charge is 0.142 e. The molecule has 0 unspecified atom stereocenters. The number of rotatable bonds is 2. The Balaban J connectivity index is 2.23. The maximum absolute atomic E-state index is 9.59. The summed E-state index contributed by atoms with van der Waals surface area (Å²) in [4.78, 5) is 4.35. The van der Waals surface area contributed by atoms with Gasteiger partial charge in [-0.15, -0.1) is 0 Å². The van der Waals surface area contributed by atoms with Crippen LogP contribution in [0.15, 0.2) is 29.8 Å². The minimum Gasteiger partial charge on any atom is -0.383 e. The fourth-order valence-electron chi connectivity index (χ4n) is 3.34. The number of nitrogen functional groups attached to an aromatic ring is 1. The second-order valence-corrected chi connectivity index (χ2v) is 6.82. The van der Waals surface area contributed by atoms with E-state index >= 15 is 0 Å². The lowest BCUT2D eigenvalue weighted by atomic mass is 9.95. The van der Waals surface area contributed by atoms with E-state index in [0.29, 0.717) is 22.7 Å². The molecule has 4 heteroatoms. The number of aromatic nitrogens is 1. The molecule has 0 radical (unpaired) electrons. The molecule has 1 heterocycles. The van der Waals surface area contributed by atoms with Crippen LogP contribution in [0.25, 0.3) is 17.2 Å². The van der Waals surface area contributed by atoms with Gasteiger partial charge in [-0.2, -0.15) is 10.5 Å². The number of nitrogens with two attached hydrogens (primary N) is 1. The Labute approximate surface area is 153 Å². The second kappa shape index (κ2) is 6.50. The predicted molar refractivity (Wildman–Crippen MR) is 105 cm³/mol. The highest BCUT2D eigenvalue weighted by Gasteiger charge is 2.29. The lowest BCUT2D eigenvalue weighted by Gasteiger charge is -2.11. The van der Waals surface area contributed by atoms with Crippen LogP contribution >= 0.6 is 0 Å². The molecule has 0 fully saturated rings. The summed E-state index contributed by atoms with van der Waals surface area (Å²) >= 11 is 0. The van der Waals surface area contributed by atoms with Gasteiger partial charge in [-0.25, -0.2) is 4.98 Å². The van der Waals surface area contributed by atoms with Gasteiger partial charge in [-0.05, 0) is 53.7 Å². The van der Waals surface area contributed by atoms with Crippen molar-refractivity contribution >= 4 is 23.0 Å². The Morgan fingerprint density at radius 3 is 2.27 bits per heavy atom. The molecule has 0 bridgehead atoms. The average Bonchev–Trinajstić information content (AvgIpc) is 2.87. The van der Waals surface area contributed by atoms with E-state index in [4.69, 9.17) is 5.73 Å². The molecule has 1 aromatic carbocycles. The number of benzene rings is 1. The van der Waals surface area contributed by atoms with Gasteiger partial charge in [0.05, 0.1) is 16.8 Å². The van der Waals surface area contributed by atoms with E-state index in [1.165, 1.54) is 5.56 Å². The molecule has 2 aromatic rings. The van der Waals surface area contributed by atoms with Gasteiger partial charge in [0.15, 0.2) is 0 Å². The molecule has 0 atom stereocenters. The number of anilines is 1. The number of nitrogens with zero attached hydrogens (tertiary/aromatic N) is 3. The maximum Gasteiger partial charge on any atom is 0.142 e. The van der Waals surface area contributed by atoms with Crippen molar-refractivity contribution in [3.05, 3.63) is 63.3 Å². The number of hydrogen-bond donors (Lipinski definition) is 1. The van der Waals surface area contributed by atoms with Crippen molar-refractivity contribution in [2.75, 3.05) is 5.73 Å². The molecule has 2 N–H and O–H groups in total. The summed E-state index contributed by atoms with van der Waals surface area (Å²) in [7, 11) is 0. The Kier molecular flexibility index (Phi) is 4.36. The van der Waals surface area contributed by atoms with E-state index < -0.39 is 0 Å². The van der Waals surface area contributed by atoms with E-state index in [1.807, 2.05) is 13.8 Å². The van der Waals surface area contributed by atoms with Crippen molar-refractivity contribution in [1.82, 2.24) is 4.98 Å². The monoisotopic (exact) mass is 340 g/mol. The number of hydrogen-bond acceptors (Lipinski definition) is 4. The molecular weight excluding hydrogens is 320 g/mol. The van der Waals surface area contributed by atoms with Gasteiger partial charge < -0.3 is 5.73 Å². The Bertz CT molecular complexity index is 1040. The van der Waals surface area contributed by atoms with E-state index in [9.17, 15) is 10.5 Å². The first kappa shape index (κ1) is 17.5. The fourth-order valence-corrected chi connectivity index (χ4v) is 3.34. The van der Waals surface area contributed by atoms with Crippen LogP contribution in [0.2, 0.25) is 0 Å². The van der Waals surface area contributed by atoms with Crippen LogP contribution in [0.1, 0.15) is 60.2 Å². The molecule has 0 saturated carbocycles. The summed E-state index contributed by atoms with van der Waals surface area (Å²) in [5, 5.41) is 19.0. The van der Waals surface area contributed by atoms with Gasteiger partial charge in [0.2, 0.25) is 0 Å². The van der Waals surface area contributed by atoms with Crippen LogP contribution in [0.5, 0.6) is 0 Å². The van der Waals surface area contributed by atoms with Gasteiger partial charge in [0.25, 0.3) is 0 Å². The van der Waals surface area contributed by atoms with Crippen molar-refractivity contribution in [2.45, 2.75) is 33.6 Å². The fraction of sp³-hybridized carbons (Fsp3) is 0.227. The minimum absolute atomic E-state index is 0.173. The third kappa shape index (κ3) is 2.66. The summed E-state index contributed by atoms with van der Waals surface area (Å²) < 4.78 is 0. The standard InChI is InChI=1S/C22H20N4/c1-12(2)16-7-5-15(6-8-16)9-17-13(3)18(10-23)21-20(17)14(4)19(11-24)22(25)26-21/h5-9,12H,1-4H3,(H2,25,26)/b17-9-. The molecule has 1 aliphatic carbocycles. The molecule has 3 rings (SSSR count). The maximum atomic E-state index is 9.59. The van der Waals surface area contributed by atoms with Crippen LogP contribution in [0.3, 0.4) is 0 Å². The first-order valence-electron chi connectivity index (χ1n) is 8.53. The third-order valence-corrected chi connectivity index (χ3v) is 4.90.